The quantitative estimate of drug-likeness (QED) is 0.258. The highest BCUT2D eigenvalue weighted by molar-refractivity contribution is 14.0. The first kappa shape index (κ1) is 27.0. The fraction of sp³-hybridized carbons (Fsp3) is 0.462. The van der Waals surface area contributed by atoms with Crippen molar-refractivity contribution in [3.8, 4) is 5.75 Å². The molecule has 0 radical (unpaired) electrons. The van der Waals surface area contributed by atoms with E-state index in [-0.39, 0.29) is 36.0 Å². The Kier molecular flexibility index (Phi) is 11.5. The molecule has 0 bridgehead atoms. The zero-order chi connectivity index (χ0) is 22.8. The average molecular weight is 565 g/mol. The highest BCUT2D eigenvalue weighted by Crippen LogP contribution is 2.18. The van der Waals surface area contributed by atoms with Gasteiger partial charge in [0.05, 0.1) is 12.6 Å². The van der Waals surface area contributed by atoms with Gasteiger partial charge in [-0.2, -0.15) is 0 Å². The Bertz CT molecular complexity index is 872. The number of benzene rings is 2. The lowest BCUT2D eigenvalue weighted by molar-refractivity contribution is -0.127. The van der Waals surface area contributed by atoms with Crippen LogP contribution in [-0.2, 0) is 17.8 Å². The number of nitrogens with one attached hydrogen (secondary N) is 2. The number of halogens is 1. The van der Waals surface area contributed by atoms with E-state index in [0.717, 1.165) is 49.9 Å². The molecule has 1 saturated heterocycles. The molecule has 2 N–H and O–H groups in total. The minimum Gasteiger partial charge on any atom is -0.491 e. The lowest BCUT2D eigenvalue weighted by Gasteiger charge is -2.18. The van der Waals surface area contributed by atoms with Gasteiger partial charge in [-0.05, 0) is 50.5 Å². The molecule has 2 aromatic carbocycles. The van der Waals surface area contributed by atoms with Crippen LogP contribution in [0.2, 0.25) is 0 Å². The fourth-order valence-electron chi connectivity index (χ4n) is 3.81. The molecule has 1 atom stereocenters. The van der Waals surface area contributed by atoms with Crippen molar-refractivity contribution in [1.82, 2.24) is 15.5 Å². The lowest BCUT2D eigenvalue weighted by Crippen LogP contribution is -2.40. The van der Waals surface area contributed by atoms with E-state index in [1.54, 1.807) is 0 Å². The number of nitrogens with zero attached hydrogens (tertiary/aromatic N) is 2. The molecule has 0 aromatic heterocycles. The first-order valence-electron chi connectivity index (χ1n) is 11.6. The lowest BCUT2D eigenvalue weighted by atomic mass is 10.1. The highest BCUT2D eigenvalue weighted by Gasteiger charge is 2.29. The number of amides is 1. The fourth-order valence-corrected chi connectivity index (χ4v) is 3.81. The van der Waals surface area contributed by atoms with Crippen molar-refractivity contribution in [2.75, 3.05) is 26.2 Å². The van der Waals surface area contributed by atoms with Crippen LogP contribution in [0.4, 0.5) is 0 Å². The summed E-state index contributed by atoms with van der Waals surface area (Å²) in [6.07, 6.45) is 1.66. The molecule has 2 aromatic rings. The van der Waals surface area contributed by atoms with Gasteiger partial charge in [0.1, 0.15) is 5.75 Å². The summed E-state index contributed by atoms with van der Waals surface area (Å²) in [6, 6.07) is 18.4. The zero-order valence-corrected chi connectivity index (χ0v) is 22.3. The van der Waals surface area contributed by atoms with Crippen molar-refractivity contribution < 1.29 is 9.53 Å². The van der Waals surface area contributed by atoms with E-state index in [0.29, 0.717) is 18.9 Å². The van der Waals surface area contributed by atoms with E-state index in [4.69, 9.17) is 9.73 Å². The Hall–Kier alpha value is -2.29. The number of likely N-dealkylation sites (tertiary alicyclic amines) is 1. The van der Waals surface area contributed by atoms with Crippen LogP contribution in [0.5, 0.6) is 5.75 Å². The molecule has 1 unspecified atom stereocenters. The predicted molar refractivity (Wildman–Crippen MR) is 145 cm³/mol. The molecule has 0 spiro atoms. The van der Waals surface area contributed by atoms with Gasteiger partial charge in [0.2, 0.25) is 5.91 Å². The molecule has 1 amide bonds. The molecule has 6 nitrogen and oxygen atoms in total. The van der Waals surface area contributed by atoms with Crippen LogP contribution in [0.1, 0.15) is 38.3 Å². The molecule has 33 heavy (non-hydrogen) atoms. The number of guanidine groups is 1. The smallest absolute Gasteiger partial charge is 0.223 e. The number of carbonyl (C=O) groups is 1. The zero-order valence-electron chi connectivity index (χ0n) is 19.9. The summed E-state index contributed by atoms with van der Waals surface area (Å²) < 4.78 is 5.70. The summed E-state index contributed by atoms with van der Waals surface area (Å²) in [5, 5.41) is 6.72. The van der Waals surface area contributed by atoms with Crippen molar-refractivity contribution in [1.29, 1.82) is 0 Å². The molecule has 3 rings (SSSR count). The molecule has 1 aliphatic rings. The van der Waals surface area contributed by atoms with E-state index in [1.165, 1.54) is 5.56 Å². The Balaban J connectivity index is 0.00000385. The van der Waals surface area contributed by atoms with Crippen LogP contribution >= 0.6 is 24.0 Å². The average Bonchev–Trinajstić information content (AvgIpc) is 3.15. The summed E-state index contributed by atoms with van der Waals surface area (Å²) in [7, 11) is 0. The number of ether oxygens (including phenoxy) is 1. The Labute approximate surface area is 215 Å². The minimum atomic E-state index is 0. The maximum Gasteiger partial charge on any atom is 0.223 e. The SMILES string of the molecule is CCNC(=NCc1ccc(OC(C)C)cc1)NCC1CC(=O)N(CCc2ccccc2)C1.I. The van der Waals surface area contributed by atoms with Crippen molar-refractivity contribution >= 4 is 35.8 Å². The second-order valence-corrected chi connectivity index (χ2v) is 8.53. The first-order chi connectivity index (χ1) is 15.5. The van der Waals surface area contributed by atoms with Gasteiger partial charge in [0.25, 0.3) is 0 Å². The summed E-state index contributed by atoms with van der Waals surface area (Å²) in [4.78, 5) is 19.1. The van der Waals surface area contributed by atoms with E-state index in [1.807, 2.05) is 61.2 Å². The van der Waals surface area contributed by atoms with Crippen LogP contribution in [0.15, 0.2) is 59.6 Å². The third-order valence-corrected chi connectivity index (χ3v) is 5.43. The van der Waals surface area contributed by atoms with Gasteiger partial charge in [-0.3, -0.25) is 4.79 Å². The standard InChI is InChI=1S/C26H36N4O2.HI/c1-4-27-26(28-17-22-10-12-24(13-11-22)32-20(2)3)29-18-23-16-25(31)30(19-23)15-14-21-8-6-5-7-9-21;/h5-13,20,23H,4,14-19H2,1-3H3,(H2,27,28,29);1H. The molecule has 180 valence electrons. The van der Waals surface area contributed by atoms with E-state index >= 15 is 0 Å². The molecule has 7 heteroatoms. The maximum absolute atomic E-state index is 12.4. The minimum absolute atomic E-state index is 0. The molecule has 1 fully saturated rings. The van der Waals surface area contributed by atoms with E-state index in [9.17, 15) is 4.79 Å². The van der Waals surface area contributed by atoms with Crippen molar-refractivity contribution in [2.45, 2.75) is 46.3 Å². The molecule has 0 saturated carbocycles. The summed E-state index contributed by atoms with van der Waals surface area (Å²) in [6.45, 7) is 9.80. The summed E-state index contributed by atoms with van der Waals surface area (Å²) >= 11 is 0. The molecule has 1 aliphatic heterocycles. The monoisotopic (exact) mass is 564 g/mol. The van der Waals surface area contributed by atoms with Gasteiger partial charge in [-0.15, -0.1) is 24.0 Å². The number of rotatable bonds is 10. The Morgan fingerprint density at radius 3 is 2.48 bits per heavy atom. The predicted octanol–water partition coefficient (Wildman–Crippen LogP) is 4.24. The molecular formula is C26H37IN4O2. The maximum atomic E-state index is 12.4. The normalized spacial score (nSPS) is 16.0. The van der Waals surface area contributed by atoms with Crippen molar-refractivity contribution in [3.05, 3.63) is 65.7 Å². The third kappa shape index (κ3) is 9.23. The van der Waals surface area contributed by atoms with E-state index < -0.39 is 0 Å². The third-order valence-electron chi connectivity index (χ3n) is 5.43. The van der Waals surface area contributed by atoms with Crippen LogP contribution in [0.3, 0.4) is 0 Å². The molecule has 0 aliphatic carbocycles. The molecular weight excluding hydrogens is 527 g/mol. The van der Waals surface area contributed by atoms with Gasteiger partial charge >= 0.3 is 0 Å². The van der Waals surface area contributed by atoms with Crippen molar-refractivity contribution in [3.63, 3.8) is 0 Å². The first-order valence-corrected chi connectivity index (χ1v) is 11.6. The summed E-state index contributed by atoms with van der Waals surface area (Å²) in [5.74, 6) is 2.21. The van der Waals surface area contributed by atoms with E-state index in [2.05, 4.69) is 29.7 Å². The van der Waals surface area contributed by atoms with Crippen LogP contribution in [0, 0.1) is 5.92 Å². The largest absolute Gasteiger partial charge is 0.491 e. The van der Waals surface area contributed by atoms with Gasteiger partial charge in [-0.1, -0.05) is 42.5 Å². The highest BCUT2D eigenvalue weighted by atomic mass is 127. The number of carbonyl (C=O) groups excluding carboxylic acids is 1. The van der Waals surface area contributed by atoms with Gasteiger partial charge in [-0.25, -0.2) is 4.99 Å². The number of hydrogen-bond donors (Lipinski definition) is 2. The topological polar surface area (TPSA) is 66.0 Å². The molecule has 1 heterocycles. The van der Waals surface area contributed by atoms with Gasteiger partial charge < -0.3 is 20.3 Å². The van der Waals surface area contributed by atoms with Crippen LogP contribution < -0.4 is 15.4 Å². The number of aliphatic imine (C=N–C) groups is 1. The van der Waals surface area contributed by atoms with Gasteiger partial charge in [0.15, 0.2) is 5.96 Å². The Morgan fingerprint density at radius 1 is 1.09 bits per heavy atom. The Morgan fingerprint density at radius 2 is 1.82 bits per heavy atom. The second kappa shape index (κ2) is 14.1. The van der Waals surface area contributed by atoms with Gasteiger partial charge in [0, 0.05) is 38.5 Å². The number of hydrogen-bond acceptors (Lipinski definition) is 3. The van der Waals surface area contributed by atoms with Crippen molar-refractivity contribution in [2.24, 2.45) is 10.9 Å². The van der Waals surface area contributed by atoms with Crippen LogP contribution in [0.25, 0.3) is 0 Å². The second-order valence-electron chi connectivity index (χ2n) is 8.53. The van der Waals surface area contributed by atoms with Crippen LogP contribution in [-0.4, -0.2) is 49.0 Å². The summed E-state index contributed by atoms with van der Waals surface area (Å²) in [5.41, 5.74) is 2.40.